The molecule has 3 rings (SSSR count). The lowest BCUT2D eigenvalue weighted by atomic mass is 10.0. The van der Waals surface area contributed by atoms with Crippen LogP contribution in [-0.2, 0) is 19.6 Å². The summed E-state index contributed by atoms with van der Waals surface area (Å²) in [5.41, 5.74) is 1.07. The lowest BCUT2D eigenvalue weighted by molar-refractivity contribution is -0.133. The number of hydrogen-bond acceptors (Lipinski definition) is 5. The molecule has 0 spiro atoms. The molecule has 0 aliphatic carbocycles. The zero-order valence-corrected chi connectivity index (χ0v) is 19.4. The Morgan fingerprint density at radius 2 is 1.58 bits per heavy atom. The average Bonchev–Trinajstić information content (AvgIpc) is 2.79. The Bertz CT molecular complexity index is 1100. The molecule has 1 aliphatic heterocycles. The van der Waals surface area contributed by atoms with Crippen molar-refractivity contribution in [2.45, 2.75) is 43.7 Å². The largest absolute Gasteiger partial charge is 0.349 e. The molecule has 0 radical (unpaired) electrons. The Balaban J connectivity index is 1.52. The second kappa shape index (κ2) is 10.6. The maximum atomic E-state index is 12.8. The smallest absolute Gasteiger partial charge is 0.251 e. The first-order valence-corrected chi connectivity index (χ1v) is 12.2. The highest BCUT2D eigenvalue weighted by Crippen LogP contribution is 2.16. The number of piperidine rings is 1. The van der Waals surface area contributed by atoms with E-state index in [1.54, 1.807) is 29.2 Å². The van der Waals surface area contributed by atoms with Gasteiger partial charge in [-0.05, 0) is 56.2 Å². The van der Waals surface area contributed by atoms with Gasteiger partial charge in [0, 0.05) is 37.3 Å². The number of carbonyl (C=O) groups excluding carboxylic acids is 3. The van der Waals surface area contributed by atoms with Gasteiger partial charge in [0.2, 0.25) is 21.8 Å². The lowest BCUT2D eigenvalue weighted by Gasteiger charge is -2.34. The van der Waals surface area contributed by atoms with Gasteiger partial charge in [0.05, 0.1) is 10.9 Å². The first-order chi connectivity index (χ1) is 15.7. The van der Waals surface area contributed by atoms with Crippen LogP contribution in [0.3, 0.4) is 0 Å². The second-order valence-electron chi connectivity index (χ2n) is 7.99. The zero-order chi connectivity index (χ0) is 24.0. The molecule has 33 heavy (non-hydrogen) atoms. The number of nitrogens with one attached hydrogen (secondary N) is 3. The van der Waals surface area contributed by atoms with Crippen molar-refractivity contribution in [2.75, 3.05) is 18.4 Å². The summed E-state index contributed by atoms with van der Waals surface area (Å²) in [5.74, 6) is -0.723. The van der Waals surface area contributed by atoms with Crippen molar-refractivity contribution >= 4 is 33.4 Å². The number of hydrogen-bond donors (Lipinski definition) is 3. The van der Waals surface area contributed by atoms with Gasteiger partial charge in [-0.15, -0.1) is 0 Å². The monoisotopic (exact) mass is 472 g/mol. The average molecular weight is 473 g/mol. The molecule has 2 aromatic rings. The van der Waals surface area contributed by atoms with Gasteiger partial charge in [-0.2, -0.15) is 4.72 Å². The molecule has 3 amide bonds. The van der Waals surface area contributed by atoms with E-state index in [2.05, 4.69) is 15.4 Å². The number of amides is 3. The fourth-order valence-electron chi connectivity index (χ4n) is 3.65. The van der Waals surface area contributed by atoms with Crippen molar-refractivity contribution in [1.82, 2.24) is 14.9 Å². The molecule has 1 saturated heterocycles. The zero-order valence-electron chi connectivity index (χ0n) is 18.6. The minimum Gasteiger partial charge on any atom is -0.349 e. The van der Waals surface area contributed by atoms with Crippen molar-refractivity contribution in [1.29, 1.82) is 0 Å². The van der Waals surface area contributed by atoms with Crippen LogP contribution in [0, 0.1) is 0 Å². The summed E-state index contributed by atoms with van der Waals surface area (Å²) in [5, 5.41) is 5.55. The van der Waals surface area contributed by atoms with Crippen molar-refractivity contribution < 1.29 is 22.8 Å². The minimum atomic E-state index is -3.91. The molecular formula is C23H28N4O5S. The molecule has 1 fully saturated rings. The standard InChI is InChI=1S/C23H28N4O5S/c1-16(26-33(31,32)21-10-8-19(9-11-21)24-17(2)28)23(30)27-14-12-20(13-15-27)25-22(29)18-6-4-3-5-7-18/h3-11,16,20,26H,12-15H2,1-2H3,(H,24,28)(H,25,29)/t16-/m0/s1. The van der Waals surface area contributed by atoms with Gasteiger partial charge in [0.25, 0.3) is 5.91 Å². The first kappa shape index (κ1) is 24.4. The Labute approximate surface area is 193 Å². The molecule has 1 heterocycles. The summed E-state index contributed by atoms with van der Waals surface area (Å²) in [7, 11) is -3.91. The van der Waals surface area contributed by atoms with E-state index in [4.69, 9.17) is 0 Å². The van der Waals surface area contributed by atoms with Crippen molar-refractivity contribution in [3.05, 3.63) is 60.2 Å². The van der Waals surface area contributed by atoms with E-state index in [0.29, 0.717) is 37.2 Å². The van der Waals surface area contributed by atoms with Crippen LogP contribution in [0.25, 0.3) is 0 Å². The van der Waals surface area contributed by atoms with E-state index < -0.39 is 16.1 Å². The summed E-state index contributed by atoms with van der Waals surface area (Å²) in [6.07, 6.45) is 1.18. The molecule has 0 bridgehead atoms. The Hall–Kier alpha value is -3.24. The summed E-state index contributed by atoms with van der Waals surface area (Å²) < 4.78 is 27.7. The number of sulfonamides is 1. The molecule has 10 heteroatoms. The molecule has 9 nitrogen and oxygen atoms in total. The van der Waals surface area contributed by atoms with Gasteiger partial charge in [0.15, 0.2) is 0 Å². The maximum absolute atomic E-state index is 12.8. The molecular weight excluding hydrogens is 444 g/mol. The Morgan fingerprint density at radius 3 is 2.15 bits per heavy atom. The van der Waals surface area contributed by atoms with Gasteiger partial charge in [0.1, 0.15) is 0 Å². The normalized spacial score (nSPS) is 15.5. The van der Waals surface area contributed by atoms with Gasteiger partial charge >= 0.3 is 0 Å². The molecule has 0 aromatic heterocycles. The topological polar surface area (TPSA) is 125 Å². The highest BCUT2D eigenvalue weighted by Gasteiger charge is 2.29. The van der Waals surface area contributed by atoms with E-state index in [-0.39, 0.29) is 28.7 Å². The van der Waals surface area contributed by atoms with Crippen LogP contribution in [0.2, 0.25) is 0 Å². The predicted molar refractivity (Wildman–Crippen MR) is 124 cm³/mol. The van der Waals surface area contributed by atoms with Gasteiger partial charge in [-0.1, -0.05) is 18.2 Å². The fraction of sp³-hybridized carbons (Fsp3) is 0.348. The van der Waals surface area contributed by atoms with Crippen LogP contribution in [0.1, 0.15) is 37.0 Å². The lowest BCUT2D eigenvalue weighted by Crippen LogP contribution is -2.52. The second-order valence-corrected chi connectivity index (χ2v) is 9.70. The van der Waals surface area contributed by atoms with E-state index in [0.717, 1.165) is 0 Å². The molecule has 2 aromatic carbocycles. The van der Waals surface area contributed by atoms with Crippen LogP contribution >= 0.6 is 0 Å². The van der Waals surface area contributed by atoms with Crippen LogP contribution in [0.5, 0.6) is 0 Å². The quantitative estimate of drug-likeness (QED) is 0.566. The first-order valence-electron chi connectivity index (χ1n) is 10.7. The highest BCUT2D eigenvalue weighted by atomic mass is 32.2. The number of carbonyl (C=O) groups is 3. The van der Waals surface area contributed by atoms with Gasteiger partial charge < -0.3 is 15.5 Å². The predicted octanol–water partition coefficient (Wildman–Crippen LogP) is 1.73. The minimum absolute atomic E-state index is 0.00131. The van der Waals surface area contributed by atoms with Crippen molar-refractivity contribution in [3.8, 4) is 0 Å². The van der Waals surface area contributed by atoms with Crippen molar-refractivity contribution in [2.24, 2.45) is 0 Å². The van der Waals surface area contributed by atoms with Crippen LogP contribution in [-0.4, -0.2) is 56.2 Å². The van der Waals surface area contributed by atoms with Gasteiger partial charge in [-0.25, -0.2) is 8.42 Å². The Morgan fingerprint density at radius 1 is 0.970 bits per heavy atom. The van der Waals surface area contributed by atoms with Gasteiger partial charge in [-0.3, -0.25) is 14.4 Å². The molecule has 1 aliphatic rings. The summed E-state index contributed by atoms with van der Waals surface area (Å²) in [6, 6.07) is 13.6. The SMILES string of the molecule is CC(=O)Nc1ccc(S(=O)(=O)N[C@@H](C)C(=O)N2CCC(NC(=O)c3ccccc3)CC2)cc1. The number of anilines is 1. The van der Waals surface area contributed by atoms with Crippen LogP contribution in [0.15, 0.2) is 59.5 Å². The number of nitrogens with zero attached hydrogens (tertiary/aromatic N) is 1. The van der Waals surface area contributed by atoms with Crippen LogP contribution < -0.4 is 15.4 Å². The number of likely N-dealkylation sites (tertiary alicyclic amines) is 1. The third kappa shape index (κ3) is 6.62. The Kier molecular flexibility index (Phi) is 7.83. The van der Waals surface area contributed by atoms with E-state index in [9.17, 15) is 22.8 Å². The summed E-state index contributed by atoms with van der Waals surface area (Å²) in [4.78, 5) is 37.8. The molecule has 1 atom stereocenters. The fourth-order valence-corrected chi connectivity index (χ4v) is 4.84. The molecule has 3 N–H and O–H groups in total. The number of benzene rings is 2. The van der Waals surface area contributed by atoms with E-state index >= 15 is 0 Å². The van der Waals surface area contributed by atoms with Crippen LogP contribution in [0.4, 0.5) is 5.69 Å². The highest BCUT2D eigenvalue weighted by molar-refractivity contribution is 7.89. The third-order valence-corrected chi connectivity index (χ3v) is 6.92. The summed E-state index contributed by atoms with van der Waals surface area (Å²) >= 11 is 0. The molecule has 0 saturated carbocycles. The molecule has 176 valence electrons. The van der Waals surface area contributed by atoms with E-state index in [1.807, 2.05) is 6.07 Å². The molecule has 0 unspecified atom stereocenters. The van der Waals surface area contributed by atoms with E-state index in [1.165, 1.54) is 38.1 Å². The van der Waals surface area contributed by atoms with Crippen molar-refractivity contribution in [3.63, 3.8) is 0 Å². The third-order valence-electron chi connectivity index (χ3n) is 5.37. The maximum Gasteiger partial charge on any atom is 0.251 e. The summed E-state index contributed by atoms with van der Waals surface area (Å²) in [6.45, 7) is 3.72. The number of rotatable bonds is 7.